The first-order chi connectivity index (χ1) is 12.3. The molecule has 1 aromatic carbocycles. The normalized spacial score (nSPS) is 16.2. The summed E-state index contributed by atoms with van der Waals surface area (Å²) in [7, 11) is -2.20. The summed E-state index contributed by atoms with van der Waals surface area (Å²) in [5.74, 6) is -0.433. The van der Waals surface area contributed by atoms with Crippen molar-refractivity contribution >= 4 is 15.9 Å². The van der Waals surface area contributed by atoms with Gasteiger partial charge in [0.25, 0.3) is 0 Å². The lowest BCUT2D eigenvalue weighted by Crippen LogP contribution is -2.41. The molecule has 0 N–H and O–H groups in total. The van der Waals surface area contributed by atoms with Crippen LogP contribution in [-0.2, 0) is 19.6 Å². The van der Waals surface area contributed by atoms with Crippen molar-refractivity contribution in [2.24, 2.45) is 0 Å². The lowest BCUT2D eigenvalue weighted by Gasteiger charge is -2.32. The quantitative estimate of drug-likeness (QED) is 0.687. The van der Waals surface area contributed by atoms with Crippen LogP contribution < -0.4 is 0 Å². The molecule has 0 aliphatic carbocycles. The highest BCUT2D eigenvalue weighted by atomic mass is 32.2. The first-order valence-corrected chi connectivity index (χ1v) is 10.4. The molecule has 1 aliphatic heterocycles. The highest BCUT2D eigenvalue weighted by molar-refractivity contribution is 7.89. The molecular weight excluding hydrogens is 359 g/mol. The van der Waals surface area contributed by atoms with Crippen molar-refractivity contribution in [1.82, 2.24) is 9.21 Å². The molecule has 6 nitrogen and oxygen atoms in total. The van der Waals surface area contributed by atoms with Gasteiger partial charge in [-0.3, -0.25) is 4.79 Å². The second-order valence-corrected chi connectivity index (χ2v) is 8.46. The van der Waals surface area contributed by atoms with Gasteiger partial charge in [-0.05, 0) is 50.5 Å². The Hall–Kier alpha value is -1.51. The van der Waals surface area contributed by atoms with E-state index in [0.717, 1.165) is 25.0 Å². The lowest BCUT2D eigenvalue weighted by atomic mass is 10.1. The average Bonchev–Trinajstić information content (AvgIpc) is 2.62. The van der Waals surface area contributed by atoms with E-state index in [1.807, 2.05) is 11.8 Å². The maximum absolute atomic E-state index is 13.0. The molecule has 0 aromatic heterocycles. The number of halogens is 1. The number of sulfonamides is 1. The fourth-order valence-corrected chi connectivity index (χ4v) is 4.23. The van der Waals surface area contributed by atoms with Crippen molar-refractivity contribution in [3.05, 3.63) is 30.1 Å². The number of rotatable bonds is 8. The molecule has 1 heterocycles. The van der Waals surface area contributed by atoms with E-state index < -0.39 is 15.8 Å². The van der Waals surface area contributed by atoms with Crippen LogP contribution in [0.4, 0.5) is 4.39 Å². The molecular formula is C18H27FN2O4S. The maximum Gasteiger partial charge on any atom is 0.242 e. The van der Waals surface area contributed by atoms with Crippen LogP contribution >= 0.6 is 0 Å². The number of hydrogen-bond donors (Lipinski definition) is 0. The van der Waals surface area contributed by atoms with E-state index in [1.165, 1.54) is 23.5 Å². The van der Waals surface area contributed by atoms with Crippen LogP contribution in [0, 0.1) is 5.82 Å². The van der Waals surface area contributed by atoms with Gasteiger partial charge in [-0.1, -0.05) is 0 Å². The topological polar surface area (TPSA) is 66.9 Å². The Kier molecular flexibility index (Phi) is 7.55. The van der Waals surface area contributed by atoms with Gasteiger partial charge in [0, 0.05) is 39.7 Å². The lowest BCUT2D eigenvalue weighted by molar-refractivity contribution is -0.133. The molecule has 1 saturated heterocycles. The van der Waals surface area contributed by atoms with Gasteiger partial charge in [0.1, 0.15) is 5.82 Å². The Morgan fingerprint density at radius 1 is 1.27 bits per heavy atom. The summed E-state index contributed by atoms with van der Waals surface area (Å²) in [6.07, 6.45) is 2.68. The summed E-state index contributed by atoms with van der Waals surface area (Å²) >= 11 is 0. The van der Waals surface area contributed by atoms with Crippen LogP contribution in [0.5, 0.6) is 0 Å². The molecule has 1 fully saturated rings. The fourth-order valence-electron chi connectivity index (χ4n) is 3.03. The van der Waals surface area contributed by atoms with Crippen molar-refractivity contribution < 1.29 is 22.3 Å². The number of likely N-dealkylation sites (tertiary alicyclic amines) is 1. The molecule has 0 radical (unpaired) electrons. The standard InChI is InChI=1S/C18H27FN2O4S/c1-3-25-16-10-13-21(14-11-16)18(22)5-4-12-20(2)26(23,24)17-8-6-15(19)7-9-17/h6-9,16H,3-5,10-14H2,1-2H3. The van der Waals surface area contributed by atoms with Gasteiger partial charge in [0.2, 0.25) is 15.9 Å². The average molecular weight is 386 g/mol. The Morgan fingerprint density at radius 3 is 2.46 bits per heavy atom. The Morgan fingerprint density at radius 2 is 1.88 bits per heavy atom. The van der Waals surface area contributed by atoms with Crippen molar-refractivity contribution in [1.29, 1.82) is 0 Å². The second kappa shape index (κ2) is 9.43. The summed E-state index contributed by atoms with van der Waals surface area (Å²) in [5, 5.41) is 0. The molecule has 1 aromatic rings. The molecule has 1 aliphatic rings. The van der Waals surface area contributed by atoms with E-state index in [4.69, 9.17) is 4.74 Å². The highest BCUT2D eigenvalue weighted by Crippen LogP contribution is 2.17. The summed E-state index contributed by atoms with van der Waals surface area (Å²) in [6, 6.07) is 4.73. The van der Waals surface area contributed by atoms with Crippen molar-refractivity contribution in [2.45, 2.75) is 43.6 Å². The van der Waals surface area contributed by atoms with Gasteiger partial charge in [-0.2, -0.15) is 0 Å². The van der Waals surface area contributed by atoms with Crippen LogP contribution in [0.15, 0.2) is 29.2 Å². The summed E-state index contributed by atoms with van der Waals surface area (Å²) in [6.45, 7) is 4.27. The van der Waals surface area contributed by atoms with Gasteiger partial charge in [-0.15, -0.1) is 0 Å². The summed E-state index contributed by atoms with van der Waals surface area (Å²) < 4.78 is 44.6. The SMILES string of the molecule is CCOC1CCN(C(=O)CCCN(C)S(=O)(=O)c2ccc(F)cc2)CC1. The molecule has 0 bridgehead atoms. The number of nitrogens with zero attached hydrogens (tertiary/aromatic N) is 2. The van der Waals surface area contributed by atoms with E-state index in [9.17, 15) is 17.6 Å². The number of benzene rings is 1. The summed E-state index contributed by atoms with van der Waals surface area (Å²) in [4.78, 5) is 14.1. The van der Waals surface area contributed by atoms with Crippen LogP contribution in [0.25, 0.3) is 0 Å². The van der Waals surface area contributed by atoms with E-state index in [-0.39, 0.29) is 23.5 Å². The minimum atomic E-state index is -3.67. The van der Waals surface area contributed by atoms with E-state index >= 15 is 0 Å². The van der Waals surface area contributed by atoms with Gasteiger partial charge in [0.15, 0.2) is 0 Å². The number of amides is 1. The first kappa shape index (κ1) is 20.8. The smallest absolute Gasteiger partial charge is 0.242 e. The van der Waals surface area contributed by atoms with Gasteiger partial charge in [0.05, 0.1) is 11.0 Å². The third-order valence-electron chi connectivity index (χ3n) is 4.58. The fraction of sp³-hybridized carbons (Fsp3) is 0.611. The van der Waals surface area contributed by atoms with Crippen molar-refractivity contribution in [3.8, 4) is 0 Å². The highest BCUT2D eigenvalue weighted by Gasteiger charge is 2.24. The minimum absolute atomic E-state index is 0.0470. The molecule has 26 heavy (non-hydrogen) atoms. The van der Waals surface area contributed by atoms with Crippen molar-refractivity contribution in [2.75, 3.05) is 33.3 Å². The van der Waals surface area contributed by atoms with Crippen LogP contribution in [0.1, 0.15) is 32.6 Å². The zero-order valence-electron chi connectivity index (χ0n) is 15.4. The number of hydrogen-bond acceptors (Lipinski definition) is 4. The predicted molar refractivity (Wildman–Crippen MR) is 96.7 cm³/mol. The molecule has 8 heteroatoms. The van der Waals surface area contributed by atoms with Crippen LogP contribution in [-0.4, -0.2) is 62.9 Å². The molecule has 1 amide bonds. The van der Waals surface area contributed by atoms with Gasteiger partial charge < -0.3 is 9.64 Å². The minimum Gasteiger partial charge on any atom is -0.378 e. The number of carbonyl (C=O) groups is 1. The maximum atomic E-state index is 13.0. The van der Waals surface area contributed by atoms with Crippen molar-refractivity contribution in [3.63, 3.8) is 0 Å². The molecule has 0 saturated carbocycles. The molecule has 0 spiro atoms. The zero-order chi connectivity index (χ0) is 19.2. The van der Waals surface area contributed by atoms with Crippen LogP contribution in [0.3, 0.4) is 0 Å². The number of piperidine rings is 1. The Balaban J connectivity index is 1.78. The molecule has 146 valence electrons. The predicted octanol–water partition coefficient (Wildman–Crippen LogP) is 2.25. The van der Waals surface area contributed by atoms with E-state index in [2.05, 4.69) is 0 Å². The Labute approximate surface area is 155 Å². The first-order valence-electron chi connectivity index (χ1n) is 8.96. The third kappa shape index (κ3) is 5.49. The molecule has 2 rings (SSSR count). The van der Waals surface area contributed by atoms with E-state index in [1.54, 1.807) is 0 Å². The number of ether oxygens (including phenoxy) is 1. The molecule has 0 atom stereocenters. The van der Waals surface area contributed by atoms with E-state index in [0.29, 0.717) is 32.5 Å². The summed E-state index contributed by atoms with van der Waals surface area (Å²) in [5.41, 5.74) is 0. The largest absolute Gasteiger partial charge is 0.378 e. The monoisotopic (exact) mass is 386 g/mol. The van der Waals surface area contributed by atoms with Gasteiger partial charge >= 0.3 is 0 Å². The van der Waals surface area contributed by atoms with Crippen LogP contribution in [0.2, 0.25) is 0 Å². The second-order valence-electron chi connectivity index (χ2n) is 6.42. The Bertz CT molecular complexity index is 686. The number of carbonyl (C=O) groups excluding carboxylic acids is 1. The third-order valence-corrected chi connectivity index (χ3v) is 6.45. The zero-order valence-corrected chi connectivity index (χ0v) is 16.2. The van der Waals surface area contributed by atoms with Gasteiger partial charge in [-0.25, -0.2) is 17.1 Å². The molecule has 0 unspecified atom stereocenters.